The number of para-hydroxylation sites is 1. The molecule has 2 N–H and O–H groups in total. The molecule has 1 heterocycles. The zero-order valence-corrected chi connectivity index (χ0v) is 15.0. The van der Waals surface area contributed by atoms with Gasteiger partial charge in [-0.05, 0) is 18.1 Å². The van der Waals surface area contributed by atoms with Gasteiger partial charge in [0, 0.05) is 30.9 Å². The highest BCUT2D eigenvalue weighted by atomic mass is 16.5. The van der Waals surface area contributed by atoms with Crippen LogP contribution in [0.5, 0.6) is 11.6 Å². The number of pyridine rings is 1. The smallest absolute Gasteiger partial charge is 0.315 e. The van der Waals surface area contributed by atoms with Gasteiger partial charge in [0.15, 0.2) is 0 Å². The van der Waals surface area contributed by atoms with Crippen LogP contribution in [-0.2, 0) is 13.1 Å². The van der Waals surface area contributed by atoms with E-state index in [0.717, 1.165) is 23.3 Å². The molecule has 0 fully saturated rings. The van der Waals surface area contributed by atoms with Gasteiger partial charge in [0.25, 0.3) is 0 Å². The molecule has 26 heavy (non-hydrogen) atoms. The van der Waals surface area contributed by atoms with Crippen LogP contribution in [0.25, 0.3) is 0 Å². The fraction of sp³-hybridized carbons (Fsp3) is 0.300. The van der Waals surface area contributed by atoms with Crippen molar-refractivity contribution in [1.82, 2.24) is 15.6 Å². The first-order valence-electron chi connectivity index (χ1n) is 8.64. The number of amides is 2. The van der Waals surface area contributed by atoms with Gasteiger partial charge in [-0.15, -0.1) is 0 Å². The van der Waals surface area contributed by atoms with E-state index >= 15 is 0 Å². The molecule has 6 heteroatoms. The molecule has 0 aliphatic heterocycles. The largest absolute Gasteiger partial charge is 0.489 e. The molecular formula is C20H25N3O3. The van der Waals surface area contributed by atoms with Crippen molar-refractivity contribution in [3.05, 3.63) is 66.4 Å². The summed E-state index contributed by atoms with van der Waals surface area (Å²) in [4.78, 5) is 16.2. The van der Waals surface area contributed by atoms with E-state index in [0.29, 0.717) is 32.2 Å². The van der Waals surface area contributed by atoms with Crippen molar-refractivity contribution in [3.63, 3.8) is 0 Å². The molecule has 0 unspecified atom stereocenters. The normalized spacial score (nSPS) is 10.0. The van der Waals surface area contributed by atoms with E-state index in [-0.39, 0.29) is 6.03 Å². The Morgan fingerprint density at radius 2 is 1.96 bits per heavy atom. The monoisotopic (exact) mass is 355 g/mol. The maximum atomic E-state index is 12.0. The summed E-state index contributed by atoms with van der Waals surface area (Å²) >= 11 is 0. The predicted octanol–water partition coefficient (Wildman–Crippen LogP) is 3.43. The lowest BCUT2D eigenvalue weighted by Crippen LogP contribution is -2.34. The highest BCUT2D eigenvalue weighted by Gasteiger charge is 2.05. The molecule has 138 valence electrons. The van der Waals surface area contributed by atoms with Gasteiger partial charge in [0.2, 0.25) is 5.88 Å². The lowest BCUT2D eigenvalue weighted by atomic mass is 10.2. The lowest BCUT2D eigenvalue weighted by molar-refractivity contribution is 0.240. The Morgan fingerprint density at radius 1 is 1.15 bits per heavy atom. The van der Waals surface area contributed by atoms with E-state index in [1.807, 2.05) is 37.3 Å². The van der Waals surface area contributed by atoms with Crippen LogP contribution in [0.1, 0.15) is 24.5 Å². The molecule has 0 radical (unpaired) electrons. The number of hydrogen-bond donors (Lipinski definition) is 2. The van der Waals surface area contributed by atoms with Crippen LogP contribution >= 0.6 is 0 Å². The Hall–Kier alpha value is -3.02. The Balaban J connectivity index is 1.78. The van der Waals surface area contributed by atoms with Crippen LogP contribution in [0.15, 0.2) is 55.3 Å². The summed E-state index contributed by atoms with van der Waals surface area (Å²) in [6, 6.07) is 11.0. The van der Waals surface area contributed by atoms with Gasteiger partial charge in [0.05, 0.1) is 6.61 Å². The van der Waals surface area contributed by atoms with E-state index in [1.54, 1.807) is 18.3 Å². The summed E-state index contributed by atoms with van der Waals surface area (Å²) in [7, 11) is 0. The first kappa shape index (κ1) is 19.3. The van der Waals surface area contributed by atoms with Crippen LogP contribution in [0.4, 0.5) is 4.79 Å². The molecule has 0 saturated carbocycles. The first-order chi connectivity index (χ1) is 12.7. The minimum atomic E-state index is -0.255. The first-order valence-corrected chi connectivity index (χ1v) is 8.64. The summed E-state index contributed by atoms with van der Waals surface area (Å²) in [6.07, 6.45) is 4.32. The topological polar surface area (TPSA) is 72.5 Å². The van der Waals surface area contributed by atoms with Crippen molar-refractivity contribution in [2.45, 2.75) is 26.4 Å². The van der Waals surface area contributed by atoms with Gasteiger partial charge >= 0.3 is 6.03 Å². The van der Waals surface area contributed by atoms with Crippen LogP contribution in [-0.4, -0.2) is 24.2 Å². The molecule has 0 saturated heterocycles. The second-order valence-corrected chi connectivity index (χ2v) is 5.60. The Bertz CT molecular complexity index is 702. The molecule has 2 rings (SSSR count). The number of carbonyl (C=O) groups is 1. The average Bonchev–Trinajstić information content (AvgIpc) is 2.69. The Kier molecular flexibility index (Phi) is 7.99. The number of carbonyl (C=O) groups excluding carboxylic acids is 1. The molecule has 1 aromatic carbocycles. The van der Waals surface area contributed by atoms with Gasteiger partial charge in [-0.1, -0.05) is 43.8 Å². The van der Waals surface area contributed by atoms with Crippen LogP contribution < -0.4 is 20.1 Å². The zero-order chi connectivity index (χ0) is 18.6. The molecule has 1 aromatic heterocycles. The van der Waals surface area contributed by atoms with Crippen LogP contribution in [0.2, 0.25) is 0 Å². The molecule has 0 spiro atoms. The second kappa shape index (κ2) is 10.8. The highest BCUT2D eigenvalue weighted by molar-refractivity contribution is 5.73. The number of ether oxygens (including phenoxy) is 2. The molecule has 0 atom stereocenters. The van der Waals surface area contributed by atoms with Gasteiger partial charge in [-0.2, -0.15) is 0 Å². The average molecular weight is 355 g/mol. The Labute approximate surface area is 154 Å². The summed E-state index contributed by atoms with van der Waals surface area (Å²) < 4.78 is 11.0. The third kappa shape index (κ3) is 6.47. The minimum Gasteiger partial charge on any atom is -0.489 e. The standard InChI is InChI=1S/C20H25N3O3/c1-3-11-25-18-8-6-5-7-17(18)15-23-20(24)22-14-16-9-10-19(21-13-16)26-12-4-2/h3,5-10,13H,1,4,11-12,14-15H2,2H3,(H2,22,23,24). The molecular weight excluding hydrogens is 330 g/mol. The van der Waals surface area contributed by atoms with E-state index in [4.69, 9.17) is 9.47 Å². The molecule has 6 nitrogen and oxygen atoms in total. The van der Waals surface area contributed by atoms with Gasteiger partial charge in [-0.3, -0.25) is 0 Å². The molecule has 2 amide bonds. The van der Waals surface area contributed by atoms with Crippen LogP contribution in [0.3, 0.4) is 0 Å². The van der Waals surface area contributed by atoms with E-state index in [9.17, 15) is 4.79 Å². The van der Waals surface area contributed by atoms with Gasteiger partial charge in [0.1, 0.15) is 12.4 Å². The second-order valence-electron chi connectivity index (χ2n) is 5.60. The number of hydrogen-bond acceptors (Lipinski definition) is 4. The van der Waals surface area contributed by atoms with Gasteiger partial charge < -0.3 is 20.1 Å². The minimum absolute atomic E-state index is 0.255. The quantitative estimate of drug-likeness (QED) is 0.641. The van der Waals surface area contributed by atoms with E-state index < -0.39 is 0 Å². The summed E-state index contributed by atoms with van der Waals surface area (Å²) in [5, 5.41) is 5.63. The van der Waals surface area contributed by atoms with Crippen LogP contribution in [0, 0.1) is 0 Å². The van der Waals surface area contributed by atoms with Crippen molar-refractivity contribution in [3.8, 4) is 11.6 Å². The number of rotatable bonds is 10. The highest BCUT2D eigenvalue weighted by Crippen LogP contribution is 2.17. The number of aromatic nitrogens is 1. The maximum absolute atomic E-state index is 12.0. The third-order valence-electron chi connectivity index (χ3n) is 3.47. The van der Waals surface area contributed by atoms with Gasteiger partial charge in [-0.25, -0.2) is 9.78 Å². The fourth-order valence-electron chi connectivity index (χ4n) is 2.17. The number of nitrogens with zero attached hydrogens (tertiary/aromatic N) is 1. The lowest BCUT2D eigenvalue weighted by Gasteiger charge is -2.12. The maximum Gasteiger partial charge on any atom is 0.315 e. The van der Waals surface area contributed by atoms with Crippen molar-refractivity contribution in [2.24, 2.45) is 0 Å². The third-order valence-corrected chi connectivity index (χ3v) is 3.47. The Morgan fingerprint density at radius 3 is 2.69 bits per heavy atom. The number of nitrogens with one attached hydrogen (secondary N) is 2. The summed E-state index contributed by atoms with van der Waals surface area (Å²) in [5.41, 5.74) is 1.81. The van der Waals surface area contributed by atoms with E-state index in [1.165, 1.54) is 0 Å². The fourth-order valence-corrected chi connectivity index (χ4v) is 2.17. The zero-order valence-electron chi connectivity index (χ0n) is 15.0. The van der Waals surface area contributed by atoms with E-state index in [2.05, 4.69) is 22.2 Å². The van der Waals surface area contributed by atoms with Crippen molar-refractivity contribution in [1.29, 1.82) is 0 Å². The number of urea groups is 1. The SMILES string of the molecule is C=CCOc1ccccc1CNC(=O)NCc1ccc(OCCC)nc1. The molecule has 0 aliphatic rings. The summed E-state index contributed by atoms with van der Waals surface area (Å²) in [5.74, 6) is 1.33. The van der Waals surface area contributed by atoms with Crippen molar-refractivity contribution < 1.29 is 14.3 Å². The number of benzene rings is 1. The van der Waals surface area contributed by atoms with Crippen molar-refractivity contribution in [2.75, 3.05) is 13.2 Å². The predicted molar refractivity (Wildman–Crippen MR) is 101 cm³/mol. The molecule has 0 bridgehead atoms. The molecule has 0 aliphatic carbocycles. The van der Waals surface area contributed by atoms with Crippen molar-refractivity contribution >= 4 is 6.03 Å². The molecule has 2 aromatic rings. The summed E-state index contributed by atoms with van der Waals surface area (Å²) in [6.45, 7) is 7.51.